The molecular weight excluding hydrogens is 423 g/mol. The predicted octanol–water partition coefficient (Wildman–Crippen LogP) is 7.71. The zero-order chi connectivity index (χ0) is 20.4. The maximum atomic E-state index is 6.34. The first-order valence-corrected chi connectivity index (χ1v) is 10.4. The predicted molar refractivity (Wildman–Crippen MR) is 125 cm³/mol. The van der Waals surface area contributed by atoms with Crippen molar-refractivity contribution in [1.29, 1.82) is 0 Å². The lowest BCUT2D eigenvalue weighted by atomic mass is 9.98. The maximum absolute atomic E-state index is 6.34. The normalized spacial score (nSPS) is 11.0. The van der Waals surface area contributed by atoms with E-state index >= 15 is 0 Å². The molecule has 1 N–H and O–H groups in total. The van der Waals surface area contributed by atoms with E-state index in [1.54, 1.807) is 6.20 Å². The molecule has 0 aliphatic carbocycles. The minimum Gasteiger partial charge on any atom is -0.380 e. The van der Waals surface area contributed by atoms with Crippen LogP contribution in [0.25, 0.3) is 10.8 Å². The van der Waals surface area contributed by atoms with Crippen molar-refractivity contribution in [2.75, 3.05) is 5.32 Å². The maximum Gasteiger partial charge on any atom is 0.0599 e. The van der Waals surface area contributed by atoms with Crippen molar-refractivity contribution >= 4 is 51.3 Å². The molecule has 0 amide bonds. The van der Waals surface area contributed by atoms with Crippen molar-refractivity contribution < 1.29 is 0 Å². The Labute approximate surface area is 185 Å². The van der Waals surface area contributed by atoms with E-state index < -0.39 is 0 Å². The van der Waals surface area contributed by atoms with Crippen molar-refractivity contribution in [1.82, 2.24) is 4.98 Å². The van der Waals surface area contributed by atoms with E-state index in [1.165, 1.54) is 5.56 Å². The Kier molecular flexibility index (Phi) is 5.96. The lowest BCUT2D eigenvalue weighted by Gasteiger charge is -2.15. The van der Waals surface area contributed by atoms with E-state index in [4.69, 9.17) is 34.8 Å². The lowest BCUT2D eigenvalue weighted by molar-refractivity contribution is 1.14. The third-order valence-electron chi connectivity index (χ3n) is 4.98. The third-order valence-corrected chi connectivity index (χ3v) is 6.11. The quantitative estimate of drug-likeness (QED) is 0.343. The summed E-state index contributed by atoms with van der Waals surface area (Å²) in [6.45, 7) is 2.66. The largest absolute Gasteiger partial charge is 0.380 e. The summed E-state index contributed by atoms with van der Waals surface area (Å²) in [5, 5.41) is 7.50. The SMILES string of the molecule is Cc1ccc(CNc2ccc(Cc3cccnc3)c3cc(Cl)c(Cl)cc23)cc1Cl. The van der Waals surface area contributed by atoms with Crippen molar-refractivity contribution in [2.24, 2.45) is 0 Å². The number of hydrogen-bond acceptors (Lipinski definition) is 2. The number of nitrogens with zero attached hydrogens (tertiary/aromatic N) is 1. The number of nitrogens with one attached hydrogen (secondary N) is 1. The summed E-state index contributed by atoms with van der Waals surface area (Å²) >= 11 is 18.9. The molecule has 1 heterocycles. The second kappa shape index (κ2) is 8.62. The number of aryl methyl sites for hydroxylation is 1. The fraction of sp³-hybridized carbons (Fsp3) is 0.125. The molecule has 29 heavy (non-hydrogen) atoms. The highest BCUT2D eigenvalue weighted by Crippen LogP contribution is 2.35. The Morgan fingerprint density at radius 1 is 0.828 bits per heavy atom. The molecule has 2 nitrogen and oxygen atoms in total. The first-order valence-electron chi connectivity index (χ1n) is 9.29. The number of halogens is 3. The molecule has 3 aromatic carbocycles. The van der Waals surface area contributed by atoms with Gasteiger partial charge in [-0.15, -0.1) is 0 Å². The fourth-order valence-corrected chi connectivity index (χ4v) is 3.90. The molecule has 0 saturated heterocycles. The van der Waals surface area contributed by atoms with Crippen LogP contribution in [0.5, 0.6) is 0 Å². The van der Waals surface area contributed by atoms with Crippen LogP contribution in [0.3, 0.4) is 0 Å². The summed E-state index contributed by atoms with van der Waals surface area (Å²) in [5.41, 5.74) is 5.52. The van der Waals surface area contributed by atoms with Gasteiger partial charge in [0.15, 0.2) is 0 Å². The molecular formula is C24H19Cl3N2. The molecule has 0 saturated carbocycles. The van der Waals surface area contributed by atoms with Gasteiger partial charge in [-0.05, 0) is 71.3 Å². The lowest BCUT2D eigenvalue weighted by Crippen LogP contribution is -2.01. The molecule has 0 bridgehead atoms. The molecule has 0 unspecified atom stereocenters. The van der Waals surface area contributed by atoms with E-state index in [9.17, 15) is 0 Å². The average molecular weight is 442 g/mol. The van der Waals surface area contributed by atoms with Gasteiger partial charge in [0.05, 0.1) is 10.0 Å². The highest BCUT2D eigenvalue weighted by Gasteiger charge is 2.11. The minimum absolute atomic E-state index is 0.541. The second-order valence-corrected chi connectivity index (χ2v) is 8.28. The van der Waals surface area contributed by atoms with Gasteiger partial charge >= 0.3 is 0 Å². The van der Waals surface area contributed by atoms with Gasteiger partial charge in [-0.25, -0.2) is 0 Å². The minimum atomic E-state index is 0.541. The smallest absolute Gasteiger partial charge is 0.0599 e. The first-order chi connectivity index (χ1) is 14.0. The average Bonchev–Trinajstić information content (AvgIpc) is 2.72. The summed E-state index contributed by atoms with van der Waals surface area (Å²) in [4.78, 5) is 4.22. The standard InChI is InChI=1S/C24H19Cl3N2/c1-15-4-5-17(10-21(15)25)14-29-24-7-6-18(9-16-3-2-8-28-13-16)19-11-22(26)23(27)12-20(19)24/h2-8,10-13,29H,9,14H2,1H3. The van der Waals surface area contributed by atoms with E-state index in [0.717, 1.165) is 44.6 Å². The third kappa shape index (κ3) is 4.51. The van der Waals surface area contributed by atoms with Gasteiger partial charge in [-0.3, -0.25) is 4.98 Å². The summed E-state index contributed by atoms with van der Waals surface area (Å²) in [7, 11) is 0. The van der Waals surface area contributed by atoms with E-state index in [-0.39, 0.29) is 0 Å². The highest BCUT2D eigenvalue weighted by atomic mass is 35.5. The van der Waals surface area contributed by atoms with Crippen LogP contribution in [-0.2, 0) is 13.0 Å². The molecule has 1 aromatic heterocycles. The van der Waals surface area contributed by atoms with Crippen molar-refractivity contribution in [2.45, 2.75) is 19.9 Å². The van der Waals surface area contributed by atoms with Crippen LogP contribution in [0.1, 0.15) is 22.3 Å². The Morgan fingerprint density at radius 2 is 1.62 bits per heavy atom. The van der Waals surface area contributed by atoms with Crippen LogP contribution < -0.4 is 5.32 Å². The number of hydrogen-bond donors (Lipinski definition) is 1. The van der Waals surface area contributed by atoms with Crippen LogP contribution in [-0.4, -0.2) is 4.98 Å². The number of benzene rings is 3. The van der Waals surface area contributed by atoms with Gasteiger partial charge in [0, 0.05) is 35.0 Å². The Hall–Kier alpha value is -2.26. The fourth-order valence-electron chi connectivity index (χ4n) is 3.37. The van der Waals surface area contributed by atoms with Crippen molar-refractivity contribution in [3.8, 4) is 0 Å². The van der Waals surface area contributed by atoms with Gasteiger partial charge < -0.3 is 5.32 Å². The molecule has 0 radical (unpaired) electrons. The number of rotatable bonds is 5. The number of pyridine rings is 1. The molecule has 4 aromatic rings. The number of aromatic nitrogens is 1. The number of anilines is 1. The zero-order valence-corrected chi connectivity index (χ0v) is 18.1. The Balaban J connectivity index is 1.70. The highest BCUT2D eigenvalue weighted by molar-refractivity contribution is 6.43. The van der Waals surface area contributed by atoms with E-state index in [2.05, 4.69) is 34.6 Å². The van der Waals surface area contributed by atoms with Crippen LogP contribution in [0.2, 0.25) is 15.1 Å². The summed E-state index contributed by atoms with van der Waals surface area (Å²) in [5.74, 6) is 0. The molecule has 0 atom stereocenters. The monoisotopic (exact) mass is 440 g/mol. The van der Waals surface area contributed by atoms with E-state index in [0.29, 0.717) is 16.6 Å². The first kappa shape index (κ1) is 20.0. The van der Waals surface area contributed by atoms with Crippen LogP contribution >= 0.6 is 34.8 Å². The molecule has 146 valence electrons. The van der Waals surface area contributed by atoms with Crippen molar-refractivity contribution in [3.05, 3.63) is 104 Å². The number of fused-ring (bicyclic) bond motifs is 1. The Morgan fingerprint density at radius 3 is 2.34 bits per heavy atom. The molecule has 0 spiro atoms. The molecule has 5 heteroatoms. The summed E-state index contributed by atoms with van der Waals surface area (Å²) in [6.07, 6.45) is 4.44. The van der Waals surface area contributed by atoms with Gasteiger partial charge in [0.25, 0.3) is 0 Å². The van der Waals surface area contributed by atoms with Crippen molar-refractivity contribution in [3.63, 3.8) is 0 Å². The Bertz CT molecular complexity index is 1170. The molecule has 4 rings (SSSR count). The van der Waals surface area contributed by atoms with Gasteiger partial charge in [0.1, 0.15) is 0 Å². The molecule has 0 aliphatic heterocycles. The van der Waals surface area contributed by atoms with Crippen LogP contribution in [0.15, 0.2) is 67.0 Å². The van der Waals surface area contributed by atoms with Crippen LogP contribution in [0, 0.1) is 6.92 Å². The van der Waals surface area contributed by atoms with Gasteiger partial charge in [-0.2, -0.15) is 0 Å². The summed E-state index contributed by atoms with van der Waals surface area (Å²) in [6, 6.07) is 18.2. The van der Waals surface area contributed by atoms with E-state index in [1.807, 2.05) is 43.5 Å². The van der Waals surface area contributed by atoms with Gasteiger partial charge in [-0.1, -0.05) is 59.1 Å². The molecule has 0 fully saturated rings. The zero-order valence-electron chi connectivity index (χ0n) is 15.8. The molecule has 0 aliphatic rings. The van der Waals surface area contributed by atoms with Gasteiger partial charge in [0.2, 0.25) is 0 Å². The second-order valence-electron chi connectivity index (χ2n) is 7.06. The summed E-state index contributed by atoms with van der Waals surface area (Å²) < 4.78 is 0. The van der Waals surface area contributed by atoms with Crippen LogP contribution in [0.4, 0.5) is 5.69 Å². The topological polar surface area (TPSA) is 24.9 Å².